The molecule has 0 aromatic heterocycles. The SMILES string of the molecule is C[C@H]1CNCCN1C(=O)c1cccc(N2CCCC2=O)c1.Cl. The third kappa shape index (κ3) is 3.25. The minimum Gasteiger partial charge on any atom is -0.333 e. The molecule has 2 aliphatic rings. The monoisotopic (exact) mass is 323 g/mol. The fraction of sp³-hybridized carbons (Fsp3) is 0.500. The average Bonchev–Trinajstić information content (AvgIpc) is 2.93. The topological polar surface area (TPSA) is 52.7 Å². The van der Waals surface area contributed by atoms with Crippen LogP contribution in [0, 0.1) is 0 Å². The Balaban J connectivity index is 0.00000176. The molecule has 3 rings (SSSR count). The van der Waals surface area contributed by atoms with Crippen LogP contribution in [0.1, 0.15) is 30.1 Å². The number of hydrogen-bond acceptors (Lipinski definition) is 3. The summed E-state index contributed by atoms with van der Waals surface area (Å²) >= 11 is 0. The Kier molecular flexibility index (Phi) is 5.42. The molecule has 22 heavy (non-hydrogen) atoms. The first-order chi connectivity index (χ1) is 10.2. The molecule has 2 saturated heterocycles. The van der Waals surface area contributed by atoms with Crippen LogP contribution in [0.3, 0.4) is 0 Å². The second kappa shape index (κ2) is 7.11. The molecule has 2 heterocycles. The molecule has 5 nitrogen and oxygen atoms in total. The number of hydrogen-bond donors (Lipinski definition) is 1. The van der Waals surface area contributed by atoms with Gasteiger partial charge in [-0.3, -0.25) is 9.59 Å². The highest BCUT2D eigenvalue weighted by molar-refractivity contribution is 5.99. The lowest BCUT2D eigenvalue weighted by molar-refractivity contribution is -0.117. The lowest BCUT2D eigenvalue weighted by Crippen LogP contribution is -2.52. The lowest BCUT2D eigenvalue weighted by Gasteiger charge is -2.34. The minimum absolute atomic E-state index is 0. The fourth-order valence-corrected chi connectivity index (χ4v) is 3.04. The molecule has 120 valence electrons. The van der Waals surface area contributed by atoms with Gasteiger partial charge in [0.2, 0.25) is 5.91 Å². The zero-order chi connectivity index (χ0) is 14.8. The van der Waals surface area contributed by atoms with Crippen LogP contribution in [-0.4, -0.2) is 48.9 Å². The Bertz CT molecular complexity index is 564. The summed E-state index contributed by atoms with van der Waals surface area (Å²) < 4.78 is 0. The lowest BCUT2D eigenvalue weighted by atomic mass is 10.1. The summed E-state index contributed by atoms with van der Waals surface area (Å²) in [6.45, 7) is 5.20. The summed E-state index contributed by atoms with van der Waals surface area (Å²) in [6, 6.07) is 7.65. The van der Waals surface area contributed by atoms with Crippen LogP contribution in [0.2, 0.25) is 0 Å². The van der Waals surface area contributed by atoms with Crippen molar-refractivity contribution in [2.75, 3.05) is 31.1 Å². The summed E-state index contributed by atoms with van der Waals surface area (Å²) in [5.41, 5.74) is 1.51. The molecular weight excluding hydrogens is 302 g/mol. The van der Waals surface area contributed by atoms with Gasteiger partial charge in [-0.15, -0.1) is 12.4 Å². The molecule has 0 saturated carbocycles. The molecule has 1 aromatic carbocycles. The number of nitrogens with one attached hydrogen (secondary N) is 1. The molecule has 2 fully saturated rings. The van der Waals surface area contributed by atoms with E-state index in [9.17, 15) is 9.59 Å². The number of anilines is 1. The first-order valence-corrected chi connectivity index (χ1v) is 7.59. The van der Waals surface area contributed by atoms with Crippen molar-refractivity contribution in [3.63, 3.8) is 0 Å². The number of piperazine rings is 1. The number of nitrogens with zero attached hydrogens (tertiary/aromatic N) is 2. The molecule has 0 bridgehead atoms. The third-order valence-electron chi connectivity index (χ3n) is 4.24. The summed E-state index contributed by atoms with van der Waals surface area (Å²) in [4.78, 5) is 28.2. The summed E-state index contributed by atoms with van der Waals surface area (Å²) in [5.74, 6) is 0.202. The van der Waals surface area contributed by atoms with Crippen LogP contribution in [0.4, 0.5) is 5.69 Å². The normalized spacial score (nSPS) is 21.7. The van der Waals surface area contributed by atoms with Crippen molar-refractivity contribution in [1.29, 1.82) is 0 Å². The van der Waals surface area contributed by atoms with E-state index >= 15 is 0 Å². The maximum atomic E-state index is 12.7. The van der Waals surface area contributed by atoms with Crippen LogP contribution in [-0.2, 0) is 4.79 Å². The Morgan fingerprint density at radius 3 is 2.82 bits per heavy atom. The zero-order valence-corrected chi connectivity index (χ0v) is 13.6. The van der Waals surface area contributed by atoms with Crippen LogP contribution in [0.25, 0.3) is 0 Å². The van der Waals surface area contributed by atoms with E-state index in [1.54, 1.807) is 4.90 Å². The van der Waals surface area contributed by atoms with Gasteiger partial charge in [0, 0.05) is 49.9 Å². The number of halogens is 1. The Morgan fingerprint density at radius 2 is 2.14 bits per heavy atom. The molecule has 0 unspecified atom stereocenters. The first-order valence-electron chi connectivity index (χ1n) is 7.59. The Hall–Kier alpha value is -1.59. The van der Waals surface area contributed by atoms with Gasteiger partial charge < -0.3 is 15.1 Å². The van der Waals surface area contributed by atoms with Crippen molar-refractivity contribution < 1.29 is 9.59 Å². The van der Waals surface area contributed by atoms with E-state index in [0.29, 0.717) is 12.0 Å². The molecule has 0 aliphatic carbocycles. The van der Waals surface area contributed by atoms with Crippen molar-refractivity contribution in [3.8, 4) is 0 Å². The van der Waals surface area contributed by atoms with Gasteiger partial charge in [-0.1, -0.05) is 6.07 Å². The van der Waals surface area contributed by atoms with Crippen LogP contribution in [0.15, 0.2) is 24.3 Å². The van der Waals surface area contributed by atoms with E-state index in [4.69, 9.17) is 0 Å². The molecule has 6 heteroatoms. The van der Waals surface area contributed by atoms with Gasteiger partial charge in [-0.2, -0.15) is 0 Å². The highest BCUT2D eigenvalue weighted by Gasteiger charge is 2.26. The standard InChI is InChI=1S/C16H21N3O2.ClH/c1-12-11-17-7-9-18(12)16(21)13-4-2-5-14(10-13)19-8-3-6-15(19)20;/h2,4-5,10,12,17H,3,6-9,11H2,1H3;1H/t12-;/m0./s1. The van der Waals surface area contributed by atoms with Crippen LogP contribution >= 0.6 is 12.4 Å². The fourth-order valence-electron chi connectivity index (χ4n) is 3.04. The molecule has 2 amide bonds. The van der Waals surface area contributed by atoms with Gasteiger partial charge in [-0.25, -0.2) is 0 Å². The number of carbonyl (C=O) groups excluding carboxylic acids is 2. The van der Waals surface area contributed by atoms with Gasteiger partial charge in [0.1, 0.15) is 0 Å². The molecular formula is C16H22ClN3O2. The zero-order valence-electron chi connectivity index (χ0n) is 12.7. The highest BCUT2D eigenvalue weighted by atomic mass is 35.5. The van der Waals surface area contributed by atoms with Gasteiger partial charge >= 0.3 is 0 Å². The molecule has 2 aliphatic heterocycles. The van der Waals surface area contributed by atoms with E-state index < -0.39 is 0 Å². The molecule has 0 spiro atoms. The summed E-state index contributed by atoms with van der Waals surface area (Å²) in [7, 11) is 0. The number of benzene rings is 1. The first kappa shape index (κ1) is 16.8. The summed E-state index contributed by atoms with van der Waals surface area (Å²) in [5, 5.41) is 3.29. The van der Waals surface area contributed by atoms with Crippen LogP contribution in [0.5, 0.6) is 0 Å². The Labute approximate surface area is 137 Å². The van der Waals surface area contributed by atoms with Crippen molar-refractivity contribution in [2.24, 2.45) is 0 Å². The molecule has 1 atom stereocenters. The van der Waals surface area contributed by atoms with Gasteiger partial charge in [0.15, 0.2) is 0 Å². The van der Waals surface area contributed by atoms with Crippen molar-refractivity contribution in [2.45, 2.75) is 25.8 Å². The maximum absolute atomic E-state index is 12.7. The van der Waals surface area contributed by atoms with Crippen LogP contribution < -0.4 is 10.2 Å². The second-order valence-electron chi connectivity index (χ2n) is 5.75. The van der Waals surface area contributed by atoms with Gasteiger partial charge in [0.25, 0.3) is 5.91 Å². The van der Waals surface area contributed by atoms with E-state index in [1.807, 2.05) is 29.2 Å². The highest BCUT2D eigenvalue weighted by Crippen LogP contribution is 2.23. The largest absolute Gasteiger partial charge is 0.333 e. The van der Waals surface area contributed by atoms with E-state index in [1.165, 1.54) is 0 Å². The quantitative estimate of drug-likeness (QED) is 0.900. The van der Waals surface area contributed by atoms with E-state index in [2.05, 4.69) is 12.2 Å². The maximum Gasteiger partial charge on any atom is 0.254 e. The molecule has 1 N–H and O–H groups in total. The molecule has 1 aromatic rings. The van der Waals surface area contributed by atoms with E-state index in [-0.39, 0.29) is 30.3 Å². The predicted octanol–water partition coefficient (Wildman–Crippen LogP) is 1.67. The third-order valence-corrected chi connectivity index (χ3v) is 4.24. The number of carbonyl (C=O) groups is 2. The number of rotatable bonds is 2. The van der Waals surface area contributed by atoms with Crippen molar-refractivity contribution in [1.82, 2.24) is 10.2 Å². The second-order valence-corrected chi connectivity index (χ2v) is 5.75. The van der Waals surface area contributed by atoms with Crippen molar-refractivity contribution >= 4 is 29.9 Å². The van der Waals surface area contributed by atoms with Crippen molar-refractivity contribution in [3.05, 3.63) is 29.8 Å². The minimum atomic E-state index is 0. The van der Waals surface area contributed by atoms with Gasteiger partial charge in [0.05, 0.1) is 0 Å². The van der Waals surface area contributed by atoms with Gasteiger partial charge in [-0.05, 0) is 31.5 Å². The average molecular weight is 324 g/mol. The Morgan fingerprint density at radius 1 is 1.32 bits per heavy atom. The smallest absolute Gasteiger partial charge is 0.254 e. The van der Waals surface area contributed by atoms with E-state index in [0.717, 1.165) is 38.3 Å². The summed E-state index contributed by atoms with van der Waals surface area (Å²) in [6.07, 6.45) is 1.50. The number of amides is 2. The predicted molar refractivity (Wildman–Crippen MR) is 88.6 cm³/mol. The molecule has 0 radical (unpaired) electrons.